The molecule has 0 aliphatic heterocycles. The fourth-order valence-electron chi connectivity index (χ4n) is 2.33. The number of aliphatic hydroxyl groups excluding tert-OH is 2. The molecule has 23 heavy (non-hydrogen) atoms. The Balaban J connectivity index is 2.28. The standard InChI is InChI=1S/C17H23NO4S/c1-17(2,3)22-16(21)18-8-6-11-10-12(4-5-13(11)18)15(20)14(19)7-9-23/h4-6,8,10,14-15,19-20,23H,7,9H2,1-3H3. The van der Waals surface area contributed by atoms with E-state index in [1.54, 1.807) is 30.5 Å². The number of rotatable bonds is 4. The number of carbonyl (C=O) groups is 1. The van der Waals surface area contributed by atoms with Gasteiger partial charge in [-0.15, -0.1) is 0 Å². The second-order valence-corrected chi connectivity index (χ2v) is 6.96. The molecular weight excluding hydrogens is 314 g/mol. The van der Waals surface area contributed by atoms with E-state index in [0.29, 0.717) is 23.3 Å². The van der Waals surface area contributed by atoms with Gasteiger partial charge in [0.05, 0.1) is 11.6 Å². The Hall–Kier alpha value is -1.50. The molecule has 1 heterocycles. The Morgan fingerprint density at radius 2 is 2.00 bits per heavy atom. The molecular formula is C17H23NO4S. The molecule has 0 amide bonds. The van der Waals surface area contributed by atoms with E-state index in [1.807, 2.05) is 20.8 Å². The Labute approximate surface area is 141 Å². The van der Waals surface area contributed by atoms with Crippen molar-refractivity contribution in [2.24, 2.45) is 0 Å². The van der Waals surface area contributed by atoms with Gasteiger partial charge in [0.1, 0.15) is 11.7 Å². The summed E-state index contributed by atoms with van der Waals surface area (Å²) in [6.07, 6.45) is -0.245. The van der Waals surface area contributed by atoms with Crippen LogP contribution in [0, 0.1) is 0 Å². The first-order valence-electron chi connectivity index (χ1n) is 7.54. The summed E-state index contributed by atoms with van der Waals surface area (Å²) in [5, 5.41) is 20.8. The van der Waals surface area contributed by atoms with Crippen molar-refractivity contribution >= 4 is 29.6 Å². The van der Waals surface area contributed by atoms with Crippen molar-refractivity contribution in [3.8, 4) is 0 Å². The van der Waals surface area contributed by atoms with Gasteiger partial charge in [0.15, 0.2) is 0 Å². The number of carbonyl (C=O) groups excluding carboxylic acids is 1. The number of hydrogen-bond donors (Lipinski definition) is 3. The van der Waals surface area contributed by atoms with E-state index in [9.17, 15) is 15.0 Å². The van der Waals surface area contributed by atoms with Crippen LogP contribution in [0.3, 0.4) is 0 Å². The molecule has 5 nitrogen and oxygen atoms in total. The summed E-state index contributed by atoms with van der Waals surface area (Å²) in [6.45, 7) is 5.44. The normalized spacial score (nSPS) is 14.7. The molecule has 6 heteroatoms. The molecule has 2 aromatic rings. The summed E-state index contributed by atoms with van der Waals surface area (Å²) in [7, 11) is 0. The maximum atomic E-state index is 12.2. The first kappa shape index (κ1) is 17.8. The van der Waals surface area contributed by atoms with Crippen molar-refractivity contribution in [3.05, 3.63) is 36.0 Å². The highest BCUT2D eigenvalue weighted by atomic mass is 32.1. The van der Waals surface area contributed by atoms with Crippen LogP contribution < -0.4 is 0 Å². The Kier molecular flexibility index (Phi) is 5.39. The van der Waals surface area contributed by atoms with Gasteiger partial charge in [0.2, 0.25) is 0 Å². The molecule has 2 unspecified atom stereocenters. The zero-order valence-corrected chi connectivity index (χ0v) is 14.5. The van der Waals surface area contributed by atoms with Crippen molar-refractivity contribution < 1.29 is 19.7 Å². The minimum Gasteiger partial charge on any atom is -0.443 e. The highest BCUT2D eigenvalue weighted by Gasteiger charge is 2.21. The van der Waals surface area contributed by atoms with Gasteiger partial charge in [-0.05, 0) is 56.7 Å². The lowest BCUT2D eigenvalue weighted by Crippen LogP contribution is -2.26. The Morgan fingerprint density at radius 3 is 2.61 bits per heavy atom. The number of nitrogens with zero attached hydrogens (tertiary/aromatic N) is 1. The summed E-state index contributed by atoms with van der Waals surface area (Å²) in [6, 6.07) is 6.99. The second kappa shape index (κ2) is 6.95. The minimum absolute atomic E-state index is 0.404. The molecule has 0 saturated carbocycles. The van der Waals surface area contributed by atoms with Crippen molar-refractivity contribution in [3.63, 3.8) is 0 Å². The van der Waals surface area contributed by atoms with Crippen molar-refractivity contribution in [1.82, 2.24) is 4.57 Å². The number of ether oxygens (including phenoxy) is 1. The van der Waals surface area contributed by atoms with Crippen molar-refractivity contribution in [2.45, 2.75) is 45.0 Å². The van der Waals surface area contributed by atoms with Crippen LogP contribution >= 0.6 is 12.6 Å². The van der Waals surface area contributed by atoms with Crippen molar-refractivity contribution in [1.29, 1.82) is 0 Å². The molecule has 0 radical (unpaired) electrons. The van der Waals surface area contributed by atoms with Crippen LogP contribution in [0.5, 0.6) is 0 Å². The third-order valence-corrected chi connectivity index (χ3v) is 3.69. The van der Waals surface area contributed by atoms with Gasteiger partial charge in [-0.1, -0.05) is 6.07 Å². The van der Waals surface area contributed by atoms with E-state index >= 15 is 0 Å². The van der Waals surface area contributed by atoms with Crippen LogP contribution in [0.4, 0.5) is 4.79 Å². The first-order valence-corrected chi connectivity index (χ1v) is 8.17. The number of aromatic nitrogens is 1. The quantitative estimate of drug-likeness (QED) is 0.750. The van der Waals surface area contributed by atoms with E-state index in [-0.39, 0.29) is 0 Å². The van der Waals surface area contributed by atoms with E-state index in [4.69, 9.17) is 4.74 Å². The van der Waals surface area contributed by atoms with E-state index < -0.39 is 23.9 Å². The lowest BCUT2D eigenvalue weighted by molar-refractivity contribution is 0.0173. The number of fused-ring (bicyclic) bond motifs is 1. The smallest absolute Gasteiger partial charge is 0.418 e. The summed E-state index contributed by atoms with van der Waals surface area (Å²) in [5.74, 6) is 0.496. The molecule has 126 valence electrons. The summed E-state index contributed by atoms with van der Waals surface area (Å²) >= 11 is 4.06. The lowest BCUT2D eigenvalue weighted by atomic mass is 10.0. The molecule has 0 aliphatic rings. The van der Waals surface area contributed by atoms with Gasteiger partial charge < -0.3 is 14.9 Å². The second-order valence-electron chi connectivity index (χ2n) is 6.51. The number of thiol groups is 1. The number of hydrogen-bond acceptors (Lipinski definition) is 5. The van der Waals surface area contributed by atoms with Crippen LogP contribution in [0.1, 0.15) is 38.9 Å². The average Bonchev–Trinajstić information content (AvgIpc) is 2.87. The van der Waals surface area contributed by atoms with Gasteiger partial charge >= 0.3 is 6.09 Å². The Bertz CT molecular complexity index is 689. The molecule has 0 spiro atoms. The zero-order valence-electron chi connectivity index (χ0n) is 13.6. The van der Waals surface area contributed by atoms with Gasteiger partial charge in [-0.25, -0.2) is 4.79 Å². The predicted octanol–water partition coefficient (Wildman–Crippen LogP) is 3.14. The maximum Gasteiger partial charge on any atom is 0.418 e. The summed E-state index contributed by atoms with van der Waals surface area (Å²) in [4.78, 5) is 12.2. The highest BCUT2D eigenvalue weighted by molar-refractivity contribution is 7.80. The molecule has 2 N–H and O–H groups in total. The van der Waals surface area contributed by atoms with Crippen LogP contribution in [0.25, 0.3) is 10.9 Å². The number of benzene rings is 1. The molecule has 2 atom stereocenters. The zero-order chi connectivity index (χ0) is 17.2. The van der Waals surface area contributed by atoms with E-state index in [0.717, 1.165) is 5.39 Å². The number of aliphatic hydroxyl groups is 2. The molecule has 1 aromatic carbocycles. The van der Waals surface area contributed by atoms with Crippen LogP contribution in [0.15, 0.2) is 30.5 Å². The van der Waals surface area contributed by atoms with Crippen LogP contribution in [-0.4, -0.2) is 38.3 Å². The third kappa shape index (κ3) is 4.28. The average molecular weight is 337 g/mol. The maximum absolute atomic E-state index is 12.2. The summed E-state index contributed by atoms with van der Waals surface area (Å²) < 4.78 is 6.80. The molecule has 0 aliphatic carbocycles. The van der Waals surface area contributed by atoms with Crippen LogP contribution in [-0.2, 0) is 4.74 Å². The first-order chi connectivity index (χ1) is 10.7. The Morgan fingerprint density at radius 1 is 1.30 bits per heavy atom. The van der Waals surface area contributed by atoms with Gasteiger partial charge in [-0.3, -0.25) is 4.57 Å². The lowest BCUT2D eigenvalue weighted by Gasteiger charge is -2.20. The largest absolute Gasteiger partial charge is 0.443 e. The molecule has 1 aromatic heterocycles. The molecule has 0 fully saturated rings. The predicted molar refractivity (Wildman–Crippen MR) is 93.0 cm³/mol. The fraction of sp³-hybridized carbons (Fsp3) is 0.471. The topological polar surface area (TPSA) is 71.7 Å². The highest BCUT2D eigenvalue weighted by Crippen LogP contribution is 2.25. The van der Waals surface area contributed by atoms with E-state index in [2.05, 4.69) is 12.6 Å². The van der Waals surface area contributed by atoms with Crippen molar-refractivity contribution in [2.75, 3.05) is 5.75 Å². The van der Waals surface area contributed by atoms with E-state index in [1.165, 1.54) is 4.57 Å². The van der Waals surface area contributed by atoms with Gasteiger partial charge in [0, 0.05) is 11.6 Å². The van der Waals surface area contributed by atoms with Gasteiger partial charge in [0.25, 0.3) is 0 Å². The fourth-order valence-corrected chi connectivity index (χ4v) is 2.59. The summed E-state index contributed by atoms with van der Waals surface area (Å²) in [5.41, 5.74) is 0.730. The molecule has 2 rings (SSSR count). The molecule has 0 bridgehead atoms. The van der Waals surface area contributed by atoms with Gasteiger partial charge in [-0.2, -0.15) is 12.6 Å². The molecule has 0 saturated heterocycles. The van der Waals surface area contributed by atoms with Crippen LogP contribution in [0.2, 0.25) is 0 Å². The SMILES string of the molecule is CC(C)(C)OC(=O)n1ccc2cc(C(O)C(O)CCS)ccc21. The minimum atomic E-state index is -0.976. The monoisotopic (exact) mass is 337 g/mol. The third-order valence-electron chi connectivity index (χ3n) is 3.44.